The van der Waals surface area contributed by atoms with Gasteiger partial charge in [-0.2, -0.15) is 0 Å². The third-order valence-electron chi connectivity index (χ3n) is 2.72. The summed E-state index contributed by atoms with van der Waals surface area (Å²) >= 11 is 4.94. The Morgan fingerprint density at radius 1 is 1.67 bits per heavy atom. The summed E-state index contributed by atoms with van der Waals surface area (Å²) in [5.41, 5.74) is 2.30. The molecule has 0 N–H and O–H groups in total. The van der Waals surface area contributed by atoms with Gasteiger partial charge in [0, 0.05) is 23.3 Å². The van der Waals surface area contributed by atoms with Crippen molar-refractivity contribution in [3.8, 4) is 0 Å². The summed E-state index contributed by atoms with van der Waals surface area (Å²) < 4.78 is 0. The fourth-order valence-corrected chi connectivity index (χ4v) is 3.09. The molecule has 0 aliphatic carbocycles. The van der Waals surface area contributed by atoms with Crippen LogP contribution in [0.1, 0.15) is 29.8 Å². The smallest absolute Gasteiger partial charge is 0.273 e. The molecule has 1 aromatic rings. The number of hydrogen-bond acceptors (Lipinski definition) is 3. The van der Waals surface area contributed by atoms with E-state index in [1.807, 2.05) is 10.3 Å². The third-order valence-corrected chi connectivity index (χ3v) is 4.05. The van der Waals surface area contributed by atoms with Gasteiger partial charge in [0.05, 0.1) is 5.51 Å². The Morgan fingerprint density at radius 2 is 2.53 bits per heavy atom. The Labute approximate surface area is 102 Å². The Bertz CT molecular complexity index is 328. The Hall–Kier alpha value is -0.420. The molecule has 2 rings (SSSR count). The average Bonchev–Trinajstić information content (AvgIpc) is 2.81. The molecule has 1 unspecified atom stereocenters. The number of rotatable bonds is 2. The SMILES string of the molecule is O=C(c1cscn1)N1CCCCC1CBr. The average molecular weight is 289 g/mol. The molecule has 0 bridgehead atoms. The number of carbonyl (C=O) groups excluding carboxylic acids is 1. The number of nitrogens with zero attached hydrogens (tertiary/aromatic N) is 2. The number of likely N-dealkylation sites (tertiary alicyclic amines) is 1. The lowest BCUT2D eigenvalue weighted by Crippen LogP contribution is -2.44. The van der Waals surface area contributed by atoms with Crippen LogP contribution < -0.4 is 0 Å². The molecule has 1 aliphatic rings. The number of amides is 1. The lowest BCUT2D eigenvalue weighted by atomic mass is 10.0. The van der Waals surface area contributed by atoms with E-state index in [9.17, 15) is 4.79 Å². The molecule has 0 aromatic carbocycles. The molecular formula is C10H13BrN2OS. The highest BCUT2D eigenvalue weighted by atomic mass is 79.9. The van der Waals surface area contributed by atoms with Gasteiger partial charge in [0.15, 0.2) is 0 Å². The van der Waals surface area contributed by atoms with E-state index in [4.69, 9.17) is 0 Å². The van der Waals surface area contributed by atoms with Gasteiger partial charge in [-0.25, -0.2) is 4.98 Å². The molecule has 1 aromatic heterocycles. The summed E-state index contributed by atoms with van der Waals surface area (Å²) in [6.07, 6.45) is 3.43. The fourth-order valence-electron chi connectivity index (χ4n) is 1.89. The first-order valence-corrected chi connectivity index (χ1v) is 7.14. The molecular weight excluding hydrogens is 276 g/mol. The topological polar surface area (TPSA) is 33.2 Å². The summed E-state index contributed by atoms with van der Waals surface area (Å²) in [5.74, 6) is 0.0837. The van der Waals surface area contributed by atoms with E-state index in [-0.39, 0.29) is 5.91 Å². The Morgan fingerprint density at radius 3 is 3.20 bits per heavy atom. The molecule has 3 nitrogen and oxygen atoms in total. The first-order valence-electron chi connectivity index (χ1n) is 5.08. The van der Waals surface area contributed by atoms with Gasteiger partial charge in [-0.15, -0.1) is 11.3 Å². The Kier molecular flexibility index (Phi) is 3.75. The van der Waals surface area contributed by atoms with E-state index in [1.165, 1.54) is 17.8 Å². The van der Waals surface area contributed by atoms with Crippen molar-refractivity contribution in [2.75, 3.05) is 11.9 Å². The normalized spacial score (nSPS) is 21.7. The Balaban J connectivity index is 2.11. The van der Waals surface area contributed by atoms with Gasteiger partial charge in [-0.1, -0.05) is 15.9 Å². The molecule has 0 saturated carbocycles. The fraction of sp³-hybridized carbons (Fsp3) is 0.600. The van der Waals surface area contributed by atoms with E-state index >= 15 is 0 Å². The lowest BCUT2D eigenvalue weighted by molar-refractivity contribution is 0.0636. The minimum atomic E-state index is 0.0837. The predicted octanol–water partition coefficient (Wildman–Crippen LogP) is 2.53. The van der Waals surface area contributed by atoms with Crippen LogP contribution in [0.25, 0.3) is 0 Å². The van der Waals surface area contributed by atoms with Crippen LogP contribution in [0.3, 0.4) is 0 Å². The number of hydrogen-bond donors (Lipinski definition) is 0. The number of carbonyl (C=O) groups is 1. The predicted molar refractivity (Wildman–Crippen MR) is 64.6 cm³/mol. The maximum absolute atomic E-state index is 12.1. The van der Waals surface area contributed by atoms with Crippen LogP contribution in [-0.4, -0.2) is 33.7 Å². The zero-order chi connectivity index (χ0) is 10.7. The van der Waals surface area contributed by atoms with E-state index < -0.39 is 0 Å². The van der Waals surface area contributed by atoms with Crippen LogP contribution in [0, 0.1) is 0 Å². The molecule has 15 heavy (non-hydrogen) atoms. The molecule has 5 heteroatoms. The molecule has 2 heterocycles. The molecule has 1 fully saturated rings. The largest absolute Gasteiger partial charge is 0.333 e. The summed E-state index contributed by atoms with van der Waals surface area (Å²) in [6, 6.07) is 0.341. The van der Waals surface area contributed by atoms with Gasteiger partial charge in [0.25, 0.3) is 5.91 Å². The zero-order valence-corrected chi connectivity index (χ0v) is 10.8. The van der Waals surface area contributed by atoms with Crippen molar-refractivity contribution >= 4 is 33.2 Å². The van der Waals surface area contributed by atoms with Gasteiger partial charge in [0.1, 0.15) is 5.69 Å². The first kappa shape index (κ1) is 11.1. The summed E-state index contributed by atoms with van der Waals surface area (Å²) in [4.78, 5) is 18.1. The van der Waals surface area contributed by atoms with Gasteiger partial charge >= 0.3 is 0 Å². The van der Waals surface area contributed by atoms with Crippen molar-refractivity contribution in [3.05, 3.63) is 16.6 Å². The van der Waals surface area contributed by atoms with Crippen molar-refractivity contribution in [1.82, 2.24) is 9.88 Å². The molecule has 1 saturated heterocycles. The van der Waals surface area contributed by atoms with Crippen LogP contribution in [0.2, 0.25) is 0 Å². The minimum absolute atomic E-state index is 0.0837. The molecule has 1 aliphatic heterocycles. The monoisotopic (exact) mass is 288 g/mol. The van der Waals surface area contributed by atoms with Crippen molar-refractivity contribution < 1.29 is 4.79 Å². The third kappa shape index (κ3) is 2.39. The second-order valence-corrected chi connectivity index (χ2v) is 5.04. The number of alkyl halides is 1. The first-order chi connectivity index (χ1) is 7.33. The standard InChI is InChI=1S/C10H13BrN2OS/c11-5-8-3-1-2-4-13(8)10(14)9-6-15-7-12-9/h6-8H,1-5H2. The van der Waals surface area contributed by atoms with Crippen molar-refractivity contribution in [3.63, 3.8) is 0 Å². The molecule has 0 radical (unpaired) electrons. The highest BCUT2D eigenvalue weighted by Crippen LogP contribution is 2.20. The van der Waals surface area contributed by atoms with Gasteiger partial charge in [-0.3, -0.25) is 4.79 Å². The zero-order valence-electron chi connectivity index (χ0n) is 8.36. The highest BCUT2D eigenvalue weighted by molar-refractivity contribution is 9.09. The van der Waals surface area contributed by atoms with Crippen LogP contribution in [0.15, 0.2) is 10.9 Å². The van der Waals surface area contributed by atoms with E-state index in [0.717, 1.165) is 24.7 Å². The molecule has 1 atom stereocenters. The summed E-state index contributed by atoms with van der Waals surface area (Å²) in [5, 5.41) is 2.69. The molecule has 1 amide bonds. The summed E-state index contributed by atoms with van der Waals surface area (Å²) in [6.45, 7) is 0.868. The summed E-state index contributed by atoms with van der Waals surface area (Å²) in [7, 11) is 0. The van der Waals surface area contributed by atoms with Crippen LogP contribution in [0.4, 0.5) is 0 Å². The number of aromatic nitrogens is 1. The lowest BCUT2D eigenvalue weighted by Gasteiger charge is -2.34. The van der Waals surface area contributed by atoms with Crippen LogP contribution in [-0.2, 0) is 0 Å². The van der Waals surface area contributed by atoms with Crippen molar-refractivity contribution in [2.24, 2.45) is 0 Å². The van der Waals surface area contributed by atoms with Crippen LogP contribution >= 0.6 is 27.3 Å². The maximum atomic E-state index is 12.1. The maximum Gasteiger partial charge on any atom is 0.273 e. The van der Waals surface area contributed by atoms with E-state index in [2.05, 4.69) is 20.9 Å². The highest BCUT2D eigenvalue weighted by Gasteiger charge is 2.27. The van der Waals surface area contributed by atoms with Gasteiger partial charge in [-0.05, 0) is 19.3 Å². The minimum Gasteiger partial charge on any atom is -0.333 e. The number of piperidine rings is 1. The van der Waals surface area contributed by atoms with Crippen molar-refractivity contribution in [2.45, 2.75) is 25.3 Å². The second kappa shape index (κ2) is 5.07. The van der Waals surface area contributed by atoms with Gasteiger partial charge < -0.3 is 4.90 Å². The quantitative estimate of drug-likeness (QED) is 0.784. The van der Waals surface area contributed by atoms with E-state index in [1.54, 1.807) is 5.51 Å². The van der Waals surface area contributed by atoms with Crippen molar-refractivity contribution in [1.29, 1.82) is 0 Å². The van der Waals surface area contributed by atoms with E-state index in [0.29, 0.717) is 11.7 Å². The van der Waals surface area contributed by atoms with Crippen LogP contribution in [0.5, 0.6) is 0 Å². The second-order valence-electron chi connectivity index (χ2n) is 3.68. The number of halogens is 1. The molecule has 82 valence electrons. The van der Waals surface area contributed by atoms with Gasteiger partial charge in [0.2, 0.25) is 0 Å². The number of thiazole rings is 1. The molecule has 0 spiro atoms.